The summed E-state index contributed by atoms with van der Waals surface area (Å²) in [6.07, 6.45) is 1.58. The lowest BCUT2D eigenvalue weighted by molar-refractivity contribution is 0.213. The molecule has 2 amide bonds. The molecule has 114 valence electrons. The standard InChI is InChI=1S/C16H18N4OS/c1-12-14(7-8-17-19-12)18-16(21)20-9-10-22-15(11-20)13-5-3-2-4-6-13/h2-8,15H,9-11H2,1H3,(H,17,18,21). The van der Waals surface area contributed by atoms with Gasteiger partial charge in [0, 0.05) is 24.1 Å². The van der Waals surface area contributed by atoms with Gasteiger partial charge < -0.3 is 10.2 Å². The average Bonchev–Trinajstić information content (AvgIpc) is 2.58. The van der Waals surface area contributed by atoms with Crippen LogP contribution in [0.3, 0.4) is 0 Å². The highest BCUT2D eigenvalue weighted by Gasteiger charge is 2.25. The summed E-state index contributed by atoms with van der Waals surface area (Å²) >= 11 is 1.90. The summed E-state index contributed by atoms with van der Waals surface area (Å²) in [7, 11) is 0. The second-order valence-electron chi connectivity index (χ2n) is 5.18. The number of aryl methyl sites for hydroxylation is 1. The summed E-state index contributed by atoms with van der Waals surface area (Å²) in [5.41, 5.74) is 2.71. The maximum absolute atomic E-state index is 12.5. The monoisotopic (exact) mass is 314 g/mol. The molecule has 0 radical (unpaired) electrons. The van der Waals surface area contributed by atoms with Gasteiger partial charge in [-0.2, -0.15) is 22.0 Å². The zero-order valence-corrected chi connectivity index (χ0v) is 13.2. The lowest BCUT2D eigenvalue weighted by atomic mass is 10.1. The van der Waals surface area contributed by atoms with E-state index in [2.05, 4.69) is 27.6 Å². The van der Waals surface area contributed by atoms with Crippen LogP contribution in [0.2, 0.25) is 0 Å². The van der Waals surface area contributed by atoms with Crippen molar-refractivity contribution < 1.29 is 4.79 Å². The summed E-state index contributed by atoms with van der Waals surface area (Å²) in [4.78, 5) is 14.3. The van der Waals surface area contributed by atoms with Gasteiger partial charge in [0.15, 0.2) is 0 Å². The number of carbonyl (C=O) groups excluding carboxylic acids is 1. The number of anilines is 1. The van der Waals surface area contributed by atoms with Crippen molar-refractivity contribution in [2.75, 3.05) is 24.2 Å². The van der Waals surface area contributed by atoms with Gasteiger partial charge in [-0.3, -0.25) is 0 Å². The third kappa shape index (κ3) is 3.39. The maximum atomic E-state index is 12.5. The molecule has 1 aliphatic rings. The minimum Gasteiger partial charge on any atom is -0.322 e. The Morgan fingerprint density at radius 2 is 2.14 bits per heavy atom. The fourth-order valence-electron chi connectivity index (χ4n) is 2.43. The van der Waals surface area contributed by atoms with Crippen molar-refractivity contribution in [3.05, 3.63) is 53.9 Å². The number of carbonyl (C=O) groups is 1. The Labute approximate surface area is 134 Å². The zero-order chi connectivity index (χ0) is 15.4. The first-order chi connectivity index (χ1) is 10.7. The van der Waals surface area contributed by atoms with Gasteiger partial charge in [0.25, 0.3) is 0 Å². The van der Waals surface area contributed by atoms with Gasteiger partial charge in [-0.05, 0) is 18.6 Å². The molecule has 1 unspecified atom stereocenters. The van der Waals surface area contributed by atoms with Crippen molar-refractivity contribution in [2.45, 2.75) is 12.2 Å². The average molecular weight is 314 g/mol. The Bertz CT molecular complexity index is 650. The molecule has 1 aromatic carbocycles. The molecule has 1 aliphatic heterocycles. The summed E-state index contributed by atoms with van der Waals surface area (Å²) in [5, 5.41) is 11.0. The quantitative estimate of drug-likeness (QED) is 0.925. The van der Waals surface area contributed by atoms with Crippen molar-refractivity contribution in [1.82, 2.24) is 15.1 Å². The molecule has 1 aromatic heterocycles. The second-order valence-corrected chi connectivity index (χ2v) is 6.49. The van der Waals surface area contributed by atoms with E-state index in [1.54, 1.807) is 12.3 Å². The largest absolute Gasteiger partial charge is 0.322 e. The second kappa shape index (κ2) is 6.79. The molecule has 1 atom stereocenters. The fourth-order valence-corrected chi connectivity index (χ4v) is 3.68. The Hall–Kier alpha value is -2.08. The Balaban J connectivity index is 1.67. The SMILES string of the molecule is Cc1nnccc1NC(=O)N1CCSC(c2ccccc2)C1. The summed E-state index contributed by atoms with van der Waals surface area (Å²) in [6.45, 7) is 3.32. The molecule has 1 fully saturated rings. The number of benzene rings is 1. The molecule has 2 aromatic rings. The van der Waals surface area contributed by atoms with Crippen molar-refractivity contribution in [2.24, 2.45) is 0 Å². The van der Waals surface area contributed by atoms with Crippen LogP contribution in [0, 0.1) is 6.92 Å². The van der Waals surface area contributed by atoms with Crippen LogP contribution < -0.4 is 5.32 Å². The van der Waals surface area contributed by atoms with E-state index in [-0.39, 0.29) is 6.03 Å². The zero-order valence-electron chi connectivity index (χ0n) is 12.4. The van der Waals surface area contributed by atoms with Gasteiger partial charge in [-0.25, -0.2) is 4.79 Å². The number of rotatable bonds is 2. The van der Waals surface area contributed by atoms with Crippen LogP contribution >= 0.6 is 11.8 Å². The molecule has 0 aliphatic carbocycles. The molecule has 22 heavy (non-hydrogen) atoms. The molecule has 1 N–H and O–H groups in total. The van der Waals surface area contributed by atoms with Crippen molar-refractivity contribution >= 4 is 23.5 Å². The number of aromatic nitrogens is 2. The molecule has 0 spiro atoms. The first kappa shape index (κ1) is 14.8. The van der Waals surface area contributed by atoms with E-state index in [4.69, 9.17) is 0 Å². The molecule has 1 saturated heterocycles. The van der Waals surface area contributed by atoms with E-state index in [1.807, 2.05) is 41.8 Å². The molecule has 0 saturated carbocycles. The van der Waals surface area contributed by atoms with Gasteiger partial charge in [0.2, 0.25) is 0 Å². The molecular weight excluding hydrogens is 296 g/mol. The number of nitrogens with one attached hydrogen (secondary N) is 1. The van der Waals surface area contributed by atoms with Crippen molar-refractivity contribution in [3.63, 3.8) is 0 Å². The third-order valence-electron chi connectivity index (χ3n) is 3.67. The predicted octanol–water partition coefficient (Wildman–Crippen LogP) is 3.11. The Morgan fingerprint density at radius 1 is 1.32 bits per heavy atom. The Morgan fingerprint density at radius 3 is 2.91 bits per heavy atom. The molecule has 5 nitrogen and oxygen atoms in total. The van der Waals surface area contributed by atoms with E-state index >= 15 is 0 Å². The third-order valence-corrected chi connectivity index (χ3v) is 4.91. The van der Waals surface area contributed by atoms with E-state index in [0.29, 0.717) is 5.25 Å². The van der Waals surface area contributed by atoms with E-state index in [1.165, 1.54) is 5.56 Å². The van der Waals surface area contributed by atoms with Gasteiger partial charge in [0.1, 0.15) is 0 Å². The van der Waals surface area contributed by atoms with Crippen molar-refractivity contribution in [3.8, 4) is 0 Å². The molecule has 2 heterocycles. The van der Waals surface area contributed by atoms with Gasteiger partial charge in [0.05, 0.1) is 17.6 Å². The lowest BCUT2D eigenvalue weighted by Crippen LogP contribution is -2.41. The van der Waals surface area contributed by atoms with Crippen molar-refractivity contribution in [1.29, 1.82) is 0 Å². The predicted molar refractivity (Wildman–Crippen MR) is 89.0 cm³/mol. The van der Waals surface area contributed by atoms with Crippen LogP contribution in [-0.4, -0.2) is 40.0 Å². The molecule has 0 bridgehead atoms. The van der Waals surface area contributed by atoms with Crippen LogP contribution in [0.25, 0.3) is 0 Å². The van der Waals surface area contributed by atoms with Crippen LogP contribution in [-0.2, 0) is 0 Å². The topological polar surface area (TPSA) is 58.1 Å². The van der Waals surface area contributed by atoms with Crippen LogP contribution in [0.4, 0.5) is 10.5 Å². The van der Waals surface area contributed by atoms with E-state index < -0.39 is 0 Å². The number of amides is 2. The van der Waals surface area contributed by atoms with Crippen LogP contribution in [0.15, 0.2) is 42.6 Å². The summed E-state index contributed by atoms with van der Waals surface area (Å²) < 4.78 is 0. The number of nitrogens with zero attached hydrogens (tertiary/aromatic N) is 3. The van der Waals surface area contributed by atoms with Gasteiger partial charge in [-0.15, -0.1) is 0 Å². The fraction of sp³-hybridized carbons (Fsp3) is 0.312. The maximum Gasteiger partial charge on any atom is 0.321 e. The lowest BCUT2D eigenvalue weighted by Gasteiger charge is -2.32. The molecule has 3 rings (SSSR count). The number of hydrogen-bond donors (Lipinski definition) is 1. The van der Waals surface area contributed by atoms with Crippen LogP contribution in [0.1, 0.15) is 16.5 Å². The molecule has 6 heteroatoms. The van der Waals surface area contributed by atoms with E-state index in [9.17, 15) is 4.79 Å². The first-order valence-corrected chi connectivity index (χ1v) is 8.29. The molecular formula is C16H18N4OS. The minimum absolute atomic E-state index is 0.0719. The Kier molecular flexibility index (Phi) is 4.58. The first-order valence-electron chi connectivity index (χ1n) is 7.25. The highest BCUT2D eigenvalue weighted by molar-refractivity contribution is 7.99. The number of urea groups is 1. The van der Waals surface area contributed by atoms with E-state index in [0.717, 1.165) is 30.2 Å². The number of hydrogen-bond acceptors (Lipinski definition) is 4. The highest BCUT2D eigenvalue weighted by Crippen LogP contribution is 2.33. The minimum atomic E-state index is -0.0719. The number of thioether (sulfide) groups is 1. The van der Waals surface area contributed by atoms with Gasteiger partial charge in [-0.1, -0.05) is 30.3 Å². The normalized spacial score (nSPS) is 18.0. The summed E-state index contributed by atoms with van der Waals surface area (Å²) in [6, 6.07) is 12.0. The smallest absolute Gasteiger partial charge is 0.321 e. The van der Waals surface area contributed by atoms with Crippen LogP contribution in [0.5, 0.6) is 0 Å². The summed E-state index contributed by atoms with van der Waals surface area (Å²) in [5.74, 6) is 0.945. The highest BCUT2D eigenvalue weighted by atomic mass is 32.2. The van der Waals surface area contributed by atoms with Gasteiger partial charge >= 0.3 is 6.03 Å².